The number of aliphatic hydroxyl groups is 1. The second kappa shape index (κ2) is 11.0. The molecule has 2 saturated heterocycles. The number of ether oxygens (including phenoxy) is 2. The van der Waals surface area contributed by atoms with Crippen LogP contribution in [-0.4, -0.2) is 70.9 Å². The highest BCUT2D eigenvalue weighted by molar-refractivity contribution is 5.94. The molecule has 2 aliphatic heterocycles. The molecule has 0 saturated carbocycles. The lowest BCUT2D eigenvalue weighted by molar-refractivity contribution is -0.151. The van der Waals surface area contributed by atoms with E-state index < -0.39 is 29.9 Å². The zero-order chi connectivity index (χ0) is 24.1. The molecule has 0 spiro atoms. The lowest BCUT2D eigenvalue weighted by Crippen LogP contribution is -2.57. The summed E-state index contributed by atoms with van der Waals surface area (Å²) in [5.41, 5.74) is 0.797. The van der Waals surface area contributed by atoms with Gasteiger partial charge in [-0.1, -0.05) is 0 Å². The standard InChI is InChI=1S/C24H27F2N3O5/c25-17-7-15(8-18(26)9-17)11-28-23(31)10-20-1-2-21-22(34-20)14-33-13-19(30)12-29(21)24(32)16-3-5-27-6-4-16/h3-9,19-22,30H,1-2,10-14H2,(H,28,31)/t19-,20-,21-,22+/m0/s1. The van der Waals surface area contributed by atoms with Crippen molar-refractivity contribution in [2.75, 3.05) is 19.8 Å². The highest BCUT2D eigenvalue weighted by atomic mass is 19.1. The second-order valence-electron chi connectivity index (χ2n) is 8.58. The number of carbonyl (C=O) groups excluding carboxylic acids is 2. The summed E-state index contributed by atoms with van der Waals surface area (Å²) >= 11 is 0. The Hall–Kier alpha value is -2.95. The van der Waals surface area contributed by atoms with Gasteiger partial charge in [-0.15, -0.1) is 0 Å². The topological polar surface area (TPSA) is 101 Å². The molecule has 2 aromatic rings. The average molecular weight is 475 g/mol. The van der Waals surface area contributed by atoms with Crippen LogP contribution in [0.25, 0.3) is 0 Å². The van der Waals surface area contributed by atoms with E-state index in [4.69, 9.17) is 9.47 Å². The van der Waals surface area contributed by atoms with E-state index in [2.05, 4.69) is 10.3 Å². The highest BCUT2D eigenvalue weighted by Gasteiger charge is 2.40. The molecule has 0 bridgehead atoms. The van der Waals surface area contributed by atoms with Crippen LogP contribution in [0.1, 0.15) is 35.2 Å². The summed E-state index contributed by atoms with van der Waals surface area (Å²) in [4.78, 5) is 31.2. The van der Waals surface area contributed by atoms with E-state index in [9.17, 15) is 23.5 Å². The summed E-state index contributed by atoms with van der Waals surface area (Å²) in [7, 11) is 0. The number of benzene rings is 1. The number of hydrogen-bond donors (Lipinski definition) is 2. The van der Waals surface area contributed by atoms with Gasteiger partial charge in [0.05, 0.1) is 37.9 Å². The largest absolute Gasteiger partial charge is 0.389 e. The summed E-state index contributed by atoms with van der Waals surface area (Å²) in [5.74, 6) is -1.93. The van der Waals surface area contributed by atoms with Gasteiger partial charge in [-0.05, 0) is 42.7 Å². The molecule has 3 heterocycles. The maximum Gasteiger partial charge on any atom is 0.254 e. The van der Waals surface area contributed by atoms with Gasteiger partial charge in [0.15, 0.2) is 0 Å². The molecular weight excluding hydrogens is 448 g/mol. The predicted octanol–water partition coefficient (Wildman–Crippen LogP) is 1.82. The first-order valence-corrected chi connectivity index (χ1v) is 11.2. The van der Waals surface area contributed by atoms with E-state index in [1.54, 1.807) is 29.4 Å². The molecule has 10 heteroatoms. The molecule has 0 aliphatic carbocycles. The van der Waals surface area contributed by atoms with Crippen molar-refractivity contribution in [3.05, 3.63) is 65.5 Å². The third-order valence-corrected chi connectivity index (χ3v) is 5.99. The van der Waals surface area contributed by atoms with Gasteiger partial charge in [0, 0.05) is 37.1 Å². The Morgan fingerprint density at radius 1 is 1.12 bits per heavy atom. The number of halogens is 2. The fraction of sp³-hybridized carbons (Fsp3) is 0.458. The zero-order valence-electron chi connectivity index (χ0n) is 18.5. The maximum atomic E-state index is 13.3. The quantitative estimate of drug-likeness (QED) is 0.684. The number of aromatic nitrogens is 1. The Morgan fingerprint density at radius 2 is 1.85 bits per heavy atom. The van der Waals surface area contributed by atoms with Crippen LogP contribution in [0.3, 0.4) is 0 Å². The van der Waals surface area contributed by atoms with Crippen molar-refractivity contribution in [2.24, 2.45) is 0 Å². The minimum absolute atomic E-state index is 0.00149. The van der Waals surface area contributed by atoms with Crippen LogP contribution in [0, 0.1) is 11.6 Å². The molecule has 2 N–H and O–H groups in total. The third kappa shape index (κ3) is 6.13. The van der Waals surface area contributed by atoms with Crippen LogP contribution in [-0.2, 0) is 20.8 Å². The number of pyridine rings is 1. The molecule has 4 atom stereocenters. The van der Waals surface area contributed by atoms with Crippen molar-refractivity contribution in [1.82, 2.24) is 15.2 Å². The summed E-state index contributed by atoms with van der Waals surface area (Å²) in [5, 5.41) is 12.9. The molecule has 8 nitrogen and oxygen atoms in total. The number of nitrogens with one attached hydrogen (secondary N) is 1. The van der Waals surface area contributed by atoms with Crippen LogP contribution in [0.5, 0.6) is 0 Å². The number of carbonyl (C=O) groups is 2. The van der Waals surface area contributed by atoms with Gasteiger partial charge in [0.2, 0.25) is 5.91 Å². The van der Waals surface area contributed by atoms with E-state index in [0.717, 1.165) is 6.07 Å². The third-order valence-electron chi connectivity index (χ3n) is 5.99. The van der Waals surface area contributed by atoms with Gasteiger partial charge in [-0.2, -0.15) is 0 Å². The highest BCUT2D eigenvalue weighted by Crippen LogP contribution is 2.28. The van der Waals surface area contributed by atoms with E-state index in [1.807, 2.05) is 0 Å². The van der Waals surface area contributed by atoms with Crippen molar-refractivity contribution in [3.63, 3.8) is 0 Å². The van der Waals surface area contributed by atoms with Gasteiger partial charge >= 0.3 is 0 Å². The smallest absolute Gasteiger partial charge is 0.254 e. The molecule has 2 fully saturated rings. The first-order valence-electron chi connectivity index (χ1n) is 11.2. The zero-order valence-corrected chi connectivity index (χ0v) is 18.5. The fourth-order valence-corrected chi connectivity index (χ4v) is 4.43. The summed E-state index contributed by atoms with van der Waals surface area (Å²) in [6.45, 7) is 0.368. The van der Waals surface area contributed by atoms with Crippen molar-refractivity contribution < 1.29 is 33.0 Å². The van der Waals surface area contributed by atoms with Gasteiger partial charge in [0.1, 0.15) is 17.7 Å². The number of rotatable bonds is 5. The first kappa shape index (κ1) is 24.2. The number of hydrogen-bond acceptors (Lipinski definition) is 6. The number of amides is 2. The Morgan fingerprint density at radius 3 is 2.59 bits per heavy atom. The molecule has 182 valence electrons. The van der Waals surface area contributed by atoms with Crippen LogP contribution < -0.4 is 5.32 Å². The Labute approximate surface area is 195 Å². The molecule has 0 radical (unpaired) electrons. The molecule has 1 aromatic carbocycles. The SMILES string of the molecule is O=C(C[C@@H]1CC[C@H]2[C@@H](COC[C@@H](O)CN2C(=O)c2ccncc2)O1)NCc1cc(F)cc(F)c1. The number of nitrogens with zero attached hydrogens (tertiary/aromatic N) is 2. The predicted molar refractivity (Wildman–Crippen MR) is 117 cm³/mol. The van der Waals surface area contributed by atoms with Crippen molar-refractivity contribution >= 4 is 11.8 Å². The Kier molecular flexibility index (Phi) is 7.81. The first-order chi connectivity index (χ1) is 16.4. The number of β-amino-alcohol motifs (C(OH)–C–C–N with tert-alkyl or cyclic N) is 1. The maximum absolute atomic E-state index is 13.3. The van der Waals surface area contributed by atoms with Gasteiger partial charge in [0.25, 0.3) is 5.91 Å². The van der Waals surface area contributed by atoms with Gasteiger partial charge < -0.3 is 24.8 Å². The number of aliphatic hydroxyl groups excluding tert-OH is 1. The van der Waals surface area contributed by atoms with Crippen LogP contribution in [0.2, 0.25) is 0 Å². The fourth-order valence-electron chi connectivity index (χ4n) is 4.43. The van der Waals surface area contributed by atoms with Crippen molar-refractivity contribution in [3.8, 4) is 0 Å². The Bertz CT molecular complexity index is 989. The molecule has 4 rings (SSSR count). The lowest BCUT2D eigenvalue weighted by Gasteiger charge is -2.44. The minimum Gasteiger partial charge on any atom is -0.389 e. The molecule has 1 aromatic heterocycles. The van der Waals surface area contributed by atoms with Crippen molar-refractivity contribution in [1.29, 1.82) is 0 Å². The van der Waals surface area contributed by atoms with E-state index >= 15 is 0 Å². The van der Waals surface area contributed by atoms with Crippen molar-refractivity contribution in [2.45, 2.75) is 50.2 Å². The molecule has 2 amide bonds. The summed E-state index contributed by atoms with van der Waals surface area (Å²) < 4.78 is 38.4. The average Bonchev–Trinajstić information content (AvgIpc) is 2.80. The molecule has 2 aliphatic rings. The van der Waals surface area contributed by atoms with Crippen LogP contribution in [0.4, 0.5) is 8.78 Å². The van der Waals surface area contributed by atoms with E-state index in [1.165, 1.54) is 12.1 Å². The Balaban J connectivity index is 1.37. The normalized spacial score (nSPS) is 25.1. The lowest BCUT2D eigenvalue weighted by atomic mass is 9.94. The van der Waals surface area contributed by atoms with Crippen LogP contribution >= 0.6 is 0 Å². The van der Waals surface area contributed by atoms with E-state index in [-0.39, 0.29) is 50.6 Å². The second-order valence-corrected chi connectivity index (χ2v) is 8.58. The van der Waals surface area contributed by atoms with Gasteiger partial charge in [-0.3, -0.25) is 14.6 Å². The summed E-state index contributed by atoms with van der Waals surface area (Å²) in [6, 6.07) is 6.04. The molecule has 34 heavy (non-hydrogen) atoms. The number of fused-ring (bicyclic) bond motifs is 1. The molecular formula is C24H27F2N3O5. The monoisotopic (exact) mass is 475 g/mol. The summed E-state index contributed by atoms with van der Waals surface area (Å²) in [6.07, 6.45) is 2.59. The van der Waals surface area contributed by atoms with Crippen LogP contribution in [0.15, 0.2) is 42.7 Å². The van der Waals surface area contributed by atoms with E-state index in [0.29, 0.717) is 24.0 Å². The van der Waals surface area contributed by atoms with Gasteiger partial charge in [-0.25, -0.2) is 8.78 Å². The molecule has 0 unspecified atom stereocenters. The minimum atomic E-state index is -0.817.